The Morgan fingerprint density at radius 3 is 2.61 bits per heavy atom. The van der Waals surface area contributed by atoms with Gasteiger partial charge in [0.05, 0.1) is 22.4 Å². The van der Waals surface area contributed by atoms with Gasteiger partial charge in [-0.2, -0.15) is 0 Å². The summed E-state index contributed by atoms with van der Waals surface area (Å²) in [5.41, 5.74) is 0.645. The molecule has 1 heterocycles. The number of carbonyl (C=O) groups excluding carboxylic acids is 2. The number of rotatable bonds is 2. The number of ether oxygens (including phenoxy) is 2. The highest BCUT2D eigenvalue weighted by Gasteiger charge is 2.69. The molecule has 2 aliphatic carbocycles. The third-order valence-corrected chi connectivity index (χ3v) is 7.62. The summed E-state index contributed by atoms with van der Waals surface area (Å²) >= 11 is 20.0. The minimum atomic E-state index is -1.46. The van der Waals surface area contributed by atoms with Gasteiger partial charge in [-0.15, -0.1) is 23.2 Å². The van der Waals surface area contributed by atoms with Crippen LogP contribution in [0.4, 0.5) is 0 Å². The second-order valence-electron chi connectivity index (χ2n) is 6.81. The van der Waals surface area contributed by atoms with Crippen LogP contribution < -0.4 is 0 Å². The van der Waals surface area contributed by atoms with E-state index < -0.39 is 27.6 Å². The lowest BCUT2D eigenvalue weighted by atomic mass is 9.76. The van der Waals surface area contributed by atoms with E-state index in [2.05, 4.69) is 0 Å². The van der Waals surface area contributed by atoms with Gasteiger partial charge in [0.25, 0.3) is 0 Å². The van der Waals surface area contributed by atoms with Crippen molar-refractivity contribution in [1.82, 2.24) is 0 Å². The number of halogens is 3. The Hall–Kier alpha value is -0.290. The van der Waals surface area contributed by atoms with Gasteiger partial charge in [-0.25, -0.2) is 0 Å². The molecule has 1 aliphatic heterocycles. The molecular formula is C16H19Cl3O4. The van der Waals surface area contributed by atoms with E-state index in [1.165, 1.54) is 7.11 Å². The summed E-state index contributed by atoms with van der Waals surface area (Å²) in [5, 5.41) is 0.0994. The van der Waals surface area contributed by atoms with Crippen LogP contribution in [0.3, 0.4) is 0 Å². The lowest BCUT2D eigenvalue weighted by Gasteiger charge is -2.42. The first-order chi connectivity index (χ1) is 10.7. The van der Waals surface area contributed by atoms with E-state index in [0.717, 1.165) is 0 Å². The van der Waals surface area contributed by atoms with E-state index in [0.29, 0.717) is 18.4 Å². The number of methoxy groups -OCH3 is 1. The zero-order valence-corrected chi connectivity index (χ0v) is 15.5. The summed E-state index contributed by atoms with van der Waals surface area (Å²) in [5.74, 6) is -1.46. The van der Waals surface area contributed by atoms with Crippen LogP contribution in [0, 0.1) is 17.8 Å². The van der Waals surface area contributed by atoms with E-state index in [1.54, 1.807) is 6.92 Å². The molecule has 6 atom stereocenters. The number of allylic oxidation sites excluding steroid dienone is 1. The Morgan fingerprint density at radius 1 is 1.35 bits per heavy atom. The fourth-order valence-electron chi connectivity index (χ4n) is 4.37. The summed E-state index contributed by atoms with van der Waals surface area (Å²) in [6.45, 7) is 3.73. The van der Waals surface area contributed by atoms with Crippen molar-refractivity contribution in [3.8, 4) is 0 Å². The van der Waals surface area contributed by atoms with E-state index in [1.807, 2.05) is 6.92 Å². The molecule has 0 amide bonds. The summed E-state index contributed by atoms with van der Waals surface area (Å²) in [6.07, 6.45) is 0.620. The first-order valence-corrected chi connectivity index (χ1v) is 8.80. The largest absolute Gasteiger partial charge is 0.461 e. The molecule has 0 spiro atoms. The summed E-state index contributed by atoms with van der Waals surface area (Å²) in [7, 11) is 1.52. The molecule has 23 heavy (non-hydrogen) atoms. The maximum Gasteiger partial charge on any atom is 0.309 e. The summed E-state index contributed by atoms with van der Waals surface area (Å²) in [4.78, 5) is 22.3. The van der Waals surface area contributed by atoms with Crippen LogP contribution in [0.2, 0.25) is 0 Å². The third kappa shape index (κ3) is 2.14. The highest BCUT2D eigenvalue weighted by atomic mass is 35.5. The molecule has 7 heteroatoms. The van der Waals surface area contributed by atoms with Crippen molar-refractivity contribution in [1.29, 1.82) is 0 Å². The number of fused-ring (bicyclic) bond motifs is 3. The van der Waals surface area contributed by atoms with Gasteiger partial charge in [-0.1, -0.05) is 18.5 Å². The average Bonchev–Trinajstić information content (AvgIpc) is 2.82. The van der Waals surface area contributed by atoms with Crippen LogP contribution in [-0.2, 0) is 19.1 Å². The van der Waals surface area contributed by atoms with Crippen molar-refractivity contribution < 1.29 is 19.1 Å². The fraction of sp³-hybridized carbons (Fsp3) is 0.750. The zero-order valence-electron chi connectivity index (χ0n) is 13.2. The van der Waals surface area contributed by atoms with Gasteiger partial charge < -0.3 is 9.47 Å². The van der Waals surface area contributed by atoms with Gasteiger partial charge >= 0.3 is 5.97 Å². The number of Topliss-reactive ketones (excluding diaryl/α,β-unsaturated/α-hetero) is 1. The lowest BCUT2D eigenvalue weighted by Crippen LogP contribution is -2.58. The predicted octanol–water partition coefficient (Wildman–Crippen LogP) is 3.27. The minimum absolute atomic E-state index is 0.0339. The first kappa shape index (κ1) is 17.5. The Kier molecular flexibility index (Phi) is 4.28. The molecule has 128 valence electrons. The van der Waals surface area contributed by atoms with Crippen LogP contribution in [-0.4, -0.2) is 41.3 Å². The average molecular weight is 382 g/mol. The molecule has 1 saturated heterocycles. The number of alkyl halides is 2. The van der Waals surface area contributed by atoms with Gasteiger partial charge in [0.2, 0.25) is 0 Å². The van der Waals surface area contributed by atoms with Crippen molar-refractivity contribution in [2.75, 3.05) is 13.7 Å². The number of hydrogen-bond donors (Lipinski definition) is 0. The normalized spacial score (nSPS) is 46.5. The Balaban J connectivity index is 2.16. The molecule has 3 rings (SSSR count). The molecule has 2 fully saturated rings. The number of carbonyl (C=O) groups is 2. The maximum absolute atomic E-state index is 12.9. The lowest BCUT2D eigenvalue weighted by molar-refractivity contribution is -0.146. The second kappa shape index (κ2) is 5.62. The van der Waals surface area contributed by atoms with Gasteiger partial charge in [-0.05, 0) is 25.3 Å². The molecule has 0 aromatic carbocycles. The number of ketones is 1. The SMILES string of the molecule is COC[C@@]1(Cl)CC[C@@H]2[C@H](OC(=O)[C@@H]2C)[C@H]2C(C)=C(Cl)C(=O)[C@]21Cl. The van der Waals surface area contributed by atoms with Crippen LogP contribution in [0.1, 0.15) is 26.7 Å². The smallest absolute Gasteiger partial charge is 0.309 e. The predicted molar refractivity (Wildman–Crippen MR) is 87.9 cm³/mol. The fourth-order valence-corrected chi connectivity index (χ4v) is 5.64. The van der Waals surface area contributed by atoms with Crippen molar-refractivity contribution in [2.24, 2.45) is 17.8 Å². The van der Waals surface area contributed by atoms with E-state index in [-0.39, 0.29) is 29.4 Å². The van der Waals surface area contributed by atoms with Gasteiger partial charge in [0.1, 0.15) is 11.0 Å². The van der Waals surface area contributed by atoms with Crippen molar-refractivity contribution in [3.05, 3.63) is 10.6 Å². The van der Waals surface area contributed by atoms with Crippen LogP contribution in [0.25, 0.3) is 0 Å². The Morgan fingerprint density at radius 2 is 2.00 bits per heavy atom. The molecule has 1 saturated carbocycles. The highest BCUT2D eigenvalue weighted by Crippen LogP contribution is 2.60. The third-order valence-electron chi connectivity index (χ3n) is 5.69. The molecule has 0 aromatic rings. The molecular weight excluding hydrogens is 363 g/mol. The van der Waals surface area contributed by atoms with Crippen molar-refractivity contribution in [3.63, 3.8) is 0 Å². The minimum Gasteiger partial charge on any atom is -0.461 e. The van der Waals surface area contributed by atoms with Crippen LogP contribution in [0.15, 0.2) is 10.6 Å². The zero-order chi connectivity index (χ0) is 17.2. The topological polar surface area (TPSA) is 52.6 Å². The molecule has 3 aliphatic rings. The van der Waals surface area contributed by atoms with Crippen molar-refractivity contribution >= 4 is 46.6 Å². The monoisotopic (exact) mass is 380 g/mol. The number of hydrogen-bond acceptors (Lipinski definition) is 4. The Bertz CT molecular complexity index is 604. The van der Waals surface area contributed by atoms with Gasteiger partial charge in [0.15, 0.2) is 5.78 Å². The second-order valence-corrected chi connectivity index (χ2v) is 8.50. The van der Waals surface area contributed by atoms with Crippen LogP contribution >= 0.6 is 34.8 Å². The maximum atomic E-state index is 12.9. The van der Waals surface area contributed by atoms with Gasteiger partial charge in [0, 0.05) is 18.9 Å². The van der Waals surface area contributed by atoms with E-state index in [9.17, 15) is 9.59 Å². The van der Waals surface area contributed by atoms with Crippen LogP contribution in [0.5, 0.6) is 0 Å². The summed E-state index contributed by atoms with van der Waals surface area (Å²) in [6, 6.07) is 0. The summed E-state index contributed by atoms with van der Waals surface area (Å²) < 4.78 is 10.9. The molecule has 0 bridgehead atoms. The quantitative estimate of drug-likeness (QED) is 0.544. The number of esters is 1. The molecule has 0 aromatic heterocycles. The molecule has 0 N–H and O–H groups in total. The molecule has 4 nitrogen and oxygen atoms in total. The molecule has 0 unspecified atom stereocenters. The standard InChI is InChI=1S/C16H19Cl3O4/c1-7-9-4-5-15(18,6-22-3)16(19)10(12(9)23-14(7)21)8(2)11(17)13(16)20/h7,9-10,12H,4-6H2,1-3H3/t7-,9+,10-,12+,15+,16-/m1/s1. The van der Waals surface area contributed by atoms with E-state index >= 15 is 0 Å². The van der Waals surface area contributed by atoms with E-state index in [4.69, 9.17) is 44.3 Å². The molecule has 0 radical (unpaired) electrons. The first-order valence-electron chi connectivity index (χ1n) is 7.67. The Labute approximate surface area is 150 Å². The highest BCUT2D eigenvalue weighted by molar-refractivity contribution is 6.55. The van der Waals surface area contributed by atoms with Crippen molar-refractivity contribution in [2.45, 2.75) is 42.5 Å². The van der Waals surface area contributed by atoms with Gasteiger partial charge in [-0.3, -0.25) is 9.59 Å².